The lowest BCUT2D eigenvalue weighted by Crippen LogP contribution is -1.98. The summed E-state index contributed by atoms with van der Waals surface area (Å²) in [5.74, 6) is 0. The average Bonchev–Trinajstić information content (AvgIpc) is 2.05. The molecular weight excluding hydrogens is 160 g/mol. The van der Waals surface area contributed by atoms with E-state index in [1.165, 1.54) is 0 Å². The molecule has 0 amide bonds. The van der Waals surface area contributed by atoms with Gasteiger partial charge in [0.05, 0.1) is 0 Å². The Morgan fingerprint density at radius 1 is 1.55 bits per heavy atom. The molecule has 1 aromatic rings. The number of nitrogens with one attached hydrogen (secondary N) is 1. The van der Waals surface area contributed by atoms with Gasteiger partial charge in [0.1, 0.15) is 0 Å². The van der Waals surface area contributed by atoms with E-state index >= 15 is 0 Å². The second-order valence-electron chi connectivity index (χ2n) is 2.26. The standard InChI is InChI=1S/C8H11ClN2/c1-11-7-2-3-8(9)6(4-7)5-10/h2-4,11H,5,10H2,1H3. The van der Waals surface area contributed by atoms with Gasteiger partial charge in [-0.3, -0.25) is 0 Å². The largest absolute Gasteiger partial charge is 0.388 e. The summed E-state index contributed by atoms with van der Waals surface area (Å²) < 4.78 is 0. The van der Waals surface area contributed by atoms with Crippen LogP contribution in [0, 0.1) is 0 Å². The molecule has 0 fully saturated rings. The molecule has 2 nitrogen and oxygen atoms in total. The van der Waals surface area contributed by atoms with Crippen LogP contribution in [0.3, 0.4) is 0 Å². The number of halogens is 1. The summed E-state index contributed by atoms with van der Waals surface area (Å²) in [5.41, 5.74) is 7.47. The first-order chi connectivity index (χ1) is 5.27. The minimum atomic E-state index is 0.481. The lowest BCUT2D eigenvalue weighted by molar-refractivity contribution is 1.07. The molecule has 0 saturated heterocycles. The second-order valence-corrected chi connectivity index (χ2v) is 2.67. The fourth-order valence-electron chi connectivity index (χ4n) is 0.887. The molecule has 0 aliphatic rings. The van der Waals surface area contributed by atoms with Crippen molar-refractivity contribution in [2.75, 3.05) is 12.4 Å². The molecule has 0 saturated carbocycles. The van der Waals surface area contributed by atoms with Gasteiger partial charge in [0.2, 0.25) is 0 Å². The van der Waals surface area contributed by atoms with Crippen LogP contribution in [0.25, 0.3) is 0 Å². The molecule has 1 rings (SSSR count). The lowest BCUT2D eigenvalue weighted by Gasteiger charge is -2.04. The number of nitrogens with two attached hydrogens (primary N) is 1. The van der Waals surface area contributed by atoms with Gasteiger partial charge in [0.15, 0.2) is 0 Å². The maximum atomic E-state index is 5.85. The number of hydrogen-bond donors (Lipinski definition) is 2. The smallest absolute Gasteiger partial charge is 0.0452 e. The van der Waals surface area contributed by atoms with E-state index in [0.717, 1.165) is 16.3 Å². The third kappa shape index (κ3) is 1.85. The normalized spacial score (nSPS) is 9.73. The van der Waals surface area contributed by atoms with Crippen molar-refractivity contribution in [3.8, 4) is 0 Å². The summed E-state index contributed by atoms with van der Waals surface area (Å²) in [5, 5.41) is 3.74. The fourth-order valence-corrected chi connectivity index (χ4v) is 1.08. The molecule has 0 aliphatic carbocycles. The van der Waals surface area contributed by atoms with E-state index in [1.807, 2.05) is 25.2 Å². The molecule has 11 heavy (non-hydrogen) atoms. The average molecular weight is 171 g/mol. The molecule has 0 heterocycles. The molecular formula is C8H11ClN2. The van der Waals surface area contributed by atoms with Gasteiger partial charge >= 0.3 is 0 Å². The Morgan fingerprint density at radius 2 is 2.27 bits per heavy atom. The van der Waals surface area contributed by atoms with E-state index in [9.17, 15) is 0 Å². The molecule has 3 N–H and O–H groups in total. The van der Waals surface area contributed by atoms with Crippen LogP contribution in [0.1, 0.15) is 5.56 Å². The highest BCUT2D eigenvalue weighted by Crippen LogP contribution is 2.19. The van der Waals surface area contributed by atoms with Gasteiger partial charge < -0.3 is 11.1 Å². The van der Waals surface area contributed by atoms with Crippen LogP contribution in [0.2, 0.25) is 5.02 Å². The Hall–Kier alpha value is -0.730. The molecule has 0 aliphatic heterocycles. The summed E-state index contributed by atoms with van der Waals surface area (Å²) in [6, 6.07) is 5.71. The molecule has 0 atom stereocenters. The maximum Gasteiger partial charge on any atom is 0.0452 e. The second kappa shape index (κ2) is 3.60. The van der Waals surface area contributed by atoms with Crippen LogP contribution in [-0.2, 0) is 6.54 Å². The molecule has 0 unspecified atom stereocenters. The SMILES string of the molecule is CNc1ccc(Cl)c(CN)c1. The fraction of sp³-hybridized carbons (Fsp3) is 0.250. The highest BCUT2D eigenvalue weighted by Gasteiger charge is 1.97. The quantitative estimate of drug-likeness (QED) is 0.711. The van der Waals surface area contributed by atoms with Crippen LogP contribution in [0.15, 0.2) is 18.2 Å². The van der Waals surface area contributed by atoms with Crippen molar-refractivity contribution >= 4 is 17.3 Å². The first-order valence-corrected chi connectivity index (χ1v) is 3.82. The van der Waals surface area contributed by atoms with Gasteiger partial charge in [-0.2, -0.15) is 0 Å². The minimum absolute atomic E-state index is 0.481. The van der Waals surface area contributed by atoms with Gasteiger partial charge in [0.25, 0.3) is 0 Å². The Labute approximate surface area is 71.4 Å². The van der Waals surface area contributed by atoms with Crippen molar-refractivity contribution in [2.24, 2.45) is 5.73 Å². The number of benzene rings is 1. The monoisotopic (exact) mass is 170 g/mol. The summed E-state index contributed by atoms with van der Waals surface area (Å²) in [6.45, 7) is 0.481. The third-order valence-electron chi connectivity index (χ3n) is 1.55. The zero-order chi connectivity index (χ0) is 8.27. The molecule has 0 radical (unpaired) electrons. The lowest BCUT2D eigenvalue weighted by atomic mass is 10.2. The number of anilines is 1. The summed E-state index contributed by atoms with van der Waals surface area (Å²) >= 11 is 5.85. The molecule has 0 aromatic heterocycles. The zero-order valence-corrected chi connectivity index (χ0v) is 7.15. The van der Waals surface area contributed by atoms with E-state index in [1.54, 1.807) is 0 Å². The first-order valence-electron chi connectivity index (χ1n) is 3.44. The van der Waals surface area contributed by atoms with Gasteiger partial charge in [-0.1, -0.05) is 11.6 Å². The predicted molar refractivity (Wildman–Crippen MR) is 48.9 cm³/mol. The summed E-state index contributed by atoms with van der Waals surface area (Å²) in [7, 11) is 1.86. The highest BCUT2D eigenvalue weighted by molar-refractivity contribution is 6.31. The number of rotatable bonds is 2. The van der Waals surface area contributed by atoms with E-state index in [-0.39, 0.29) is 0 Å². The molecule has 1 aromatic carbocycles. The first kappa shape index (κ1) is 8.37. The Balaban J connectivity index is 3.02. The van der Waals surface area contributed by atoms with E-state index in [2.05, 4.69) is 5.32 Å². The zero-order valence-electron chi connectivity index (χ0n) is 6.39. The van der Waals surface area contributed by atoms with Crippen LogP contribution >= 0.6 is 11.6 Å². The highest BCUT2D eigenvalue weighted by atomic mass is 35.5. The molecule has 0 spiro atoms. The van der Waals surface area contributed by atoms with Crippen molar-refractivity contribution in [2.45, 2.75) is 6.54 Å². The summed E-state index contributed by atoms with van der Waals surface area (Å²) in [4.78, 5) is 0. The third-order valence-corrected chi connectivity index (χ3v) is 1.92. The van der Waals surface area contributed by atoms with Gasteiger partial charge in [-0.15, -0.1) is 0 Å². The maximum absolute atomic E-state index is 5.85. The Bertz CT molecular complexity index is 248. The van der Waals surface area contributed by atoms with Crippen LogP contribution < -0.4 is 11.1 Å². The van der Waals surface area contributed by atoms with Crippen LogP contribution in [-0.4, -0.2) is 7.05 Å². The summed E-state index contributed by atoms with van der Waals surface area (Å²) in [6.07, 6.45) is 0. The molecule has 60 valence electrons. The van der Waals surface area contributed by atoms with Crippen molar-refractivity contribution in [1.82, 2.24) is 0 Å². The van der Waals surface area contributed by atoms with Crippen molar-refractivity contribution in [3.05, 3.63) is 28.8 Å². The Morgan fingerprint density at radius 3 is 2.82 bits per heavy atom. The van der Waals surface area contributed by atoms with Gasteiger partial charge in [-0.25, -0.2) is 0 Å². The van der Waals surface area contributed by atoms with E-state index in [0.29, 0.717) is 6.54 Å². The molecule has 0 bridgehead atoms. The van der Waals surface area contributed by atoms with E-state index in [4.69, 9.17) is 17.3 Å². The van der Waals surface area contributed by atoms with E-state index < -0.39 is 0 Å². The van der Waals surface area contributed by atoms with Crippen molar-refractivity contribution < 1.29 is 0 Å². The van der Waals surface area contributed by atoms with Crippen LogP contribution in [0.4, 0.5) is 5.69 Å². The predicted octanol–water partition coefficient (Wildman–Crippen LogP) is 1.84. The van der Waals surface area contributed by atoms with Crippen molar-refractivity contribution in [1.29, 1.82) is 0 Å². The minimum Gasteiger partial charge on any atom is -0.388 e. The van der Waals surface area contributed by atoms with Crippen LogP contribution in [0.5, 0.6) is 0 Å². The Kier molecular flexibility index (Phi) is 2.74. The van der Waals surface area contributed by atoms with Crippen molar-refractivity contribution in [3.63, 3.8) is 0 Å². The number of hydrogen-bond acceptors (Lipinski definition) is 2. The van der Waals surface area contributed by atoms with Gasteiger partial charge in [-0.05, 0) is 23.8 Å². The van der Waals surface area contributed by atoms with Gasteiger partial charge in [0, 0.05) is 24.3 Å². The molecule has 3 heteroatoms. The topological polar surface area (TPSA) is 38.0 Å².